The maximum atomic E-state index is 13.3. The van der Waals surface area contributed by atoms with Crippen molar-refractivity contribution < 1.29 is 19.4 Å². The van der Waals surface area contributed by atoms with Gasteiger partial charge in [-0.1, -0.05) is 56.6 Å². The van der Waals surface area contributed by atoms with E-state index in [1.165, 1.54) is 18.1 Å². The summed E-state index contributed by atoms with van der Waals surface area (Å²) in [6.45, 7) is 6.29. The van der Waals surface area contributed by atoms with Crippen LogP contribution in [0.15, 0.2) is 72.3 Å². The second kappa shape index (κ2) is 9.52. The molecule has 7 heteroatoms. The summed E-state index contributed by atoms with van der Waals surface area (Å²) in [7, 11) is 1.48. The second-order valence-corrected chi connectivity index (χ2v) is 9.96. The minimum atomic E-state index is -0.882. The molecule has 3 aromatic rings. The van der Waals surface area contributed by atoms with Crippen LogP contribution in [0, 0.1) is 11.3 Å². The minimum Gasteiger partial charge on any atom is -0.507 e. The van der Waals surface area contributed by atoms with Crippen LogP contribution in [-0.4, -0.2) is 23.9 Å². The highest BCUT2D eigenvalue weighted by molar-refractivity contribution is 6.51. The molecule has 0 aromatic heterocycles. The van der Waals surface area contributed by atoms with E-state index in [0.29, 0.717) is 22.6 Å². The summed E-state index contributed by atoms with van der Waals surface area (Å²) in [6.07, 6.45) is 0. The first-order valence-corrected chi connectivity index (χ1v) is 11.7. The van der Waals surface area contributed by atoms with Crippen LogP contribution in [0.1, 0.15) is 49.1 Å². The second-order valence-electron chi connectivity index (χ2n) is 9.55. The van der Waals surface area contributed by atoms with Gasteiger partial charge in [0.1, 0.15) is 11.5 Å². The minimum absolute atomic E-state index is 0.0471. The third kappa shape index (κ3) is 4.46. The van der Waals surface area contributed by atoms with Crippen LogP contribution < -0.4 is 9.64 Å². The first kappa shape index (κ1) is 25.0. The average molecular weight is 501 g/mol. The van der Waals surface area contributed by atoms with E-state index in [2.05, 4.69) is 20.8 Å². The lowest BCUT2D eigenvalue weighted by molar-refractivity contribution is -0.132. The molecule has 0 saturated carbocycles. The number of hydrogen-bond acceptors (Lipinski definition) is 5. The lowest BCUT2D eigenvalue weighted by Crippen LogP contribution is -2.29. The number of benzene rings is 3. The van der Waals surface area contributed by atoms with Gasteiger partial charge in [-0.2, -0.15) is 5.26 Å². The third-order valence-corrected chi connectivity index (χ3v) is 6.53. The van der Waals surface area contributed by atoms with Crippen LogP contribution in [0.5, 0.6) is 5.75 Å². The molecule has 6 nitrogen and oxygen atoms in total. The van der Waals surface area contributed by atoms with Gasteiger partial charge >= 0.3 is 0 Å². The Morgan fingerprint density at radius 1 is 1.03 bits per heavy atom. The Kier molecular flexibility index (Phi) is 6.62. The largest absolute Gasteiger partial charge is 0.507 e. The normalized spacial score (nSPS) is 17.2. The van der Waals surface area contributed by atoms with E-state index in [1.807, 2.05) is 30.3 Å². The molecular formula is C29H25ClN2O4. The maximum absolute atomic E-state index is 13.3. The van der Waals surface area contributed by atoms with Gasteiger partial charge < -0.3 is 9.84 Å². The number of hydrogen-bond donors (Lipinski definition) is 1. The molecule has 1 aliphatic heterocycles. The number of Topliss-reactive ketones (excluding diaryl/α,β-unsaturated/α-hetero) is 1. The monoisotopic (exact) mass is 500 g/mol. The number of nitriles is 1. The molecule has 36 heavy (non-hydrogen) atoms. The molecule has 0 radical (unpaired) electrons. The number of nitrogens with zero attached hydrogens (tertiary/aromatic N) is 2. The van der Waals surface area contributed by atoms with Crippen LogP contribution in [-0.2, 0) is 15.0 Å². The van der Waals surface area contributed by atoms with Gasteiger partial charge in [0.05, 0.1) is 35.4 Å². The highest BCUT2D eigenvalue weighted by Gasteiger charge is 2.47. The van der Waals surface area contributed by atoms with Crippen molar-refractivity contribution in [3.8, 4) is 11.8 Å². The molecule has 1 aliphatic rings. The van der Waals surface area contributed by atoms with Gasteiger partial charge in [-0.25, -0.2) is 0 Å². The van der Waals surface area contributed by atoms with E-state index in [1.54, 1.807) is 36.4 Å². The van der Waals surface area contributed by atoms with Gasteiger partial charge in [-0.3, -0.25) is 14.5 Å². The standard InChI is InChI=1S/C29H25ClN2O4/c1-29(2,3)20-10-7-18(8-11-20)25-24(26(33)19-9-14-23(36-4)22(30)15-19)27(34)28(35)32(25)21-12-5-17(16-31)6-13-21/h5-15,25,33H,1-4H3/b26-24-. The number of aliphatic hydroxyl groups is 1. The molecule has 1 atom stereocenters. The van der Waals surface area contributed by atoms with E-state index in [4.69, 9.17) is 21.6 Å². The fourth-order valence-corrected chi connectivity index (χ4v) is 4.50. The number of aliphatic hydroxyl groups excluding tert-OH is 1. The summed E-state index contributed by atoms with van der Waals surface area (Å²) >= 11 is 6.26. The van der Waals surface area contributed by atoms with Gasteiger partial charge in [-0.15, -0.1) is 0 Å². The number of ketones is 1. The van der Waals surface area contributed by atoms with E-state index < -0.39 is 17.7 Å². The fraction of sp³-hybridized carbons (Fsp3) is 0.207. The highest BCUT2D eigenvalue weighted by Crippen LogP contribution is 2.43. The molecule has 1 unspecified atom stereocenters. The van der Waals surface area contributed by atoms with Gasteiger partial charge in [-0.05, 0) is 59.0 Å². The molecule has 0 bridgehead atoms. The summed E-state index contributed by atoms with van der Waals surface area (Å²) in [5, 5.41) is 20.7. The number of halogens is 1. The third-order valence-electron chi connectivity index (χ3n) is 6.24. The van der Waals surface area contributed by atoms with Crippen molar-refractivity contribution >= 4 is 34.7 Å². The Balaban J connectivity index is 1.92. The Morgan fingerprint density at radius 2 is 1.67 bits per heavy atom. The maximum Gasteiger partial charge on any atom is 0.300 e. The number of rotatable bonds is 4. The van der Waals surface area contributed by atoms with Gasteiger partial charge in [0, 0.05) is 11.3 Å². The molecule has 4 rings (SSSR count). The number of anilines is 1. The first-order chi connectivity index (χ1) is 17.1. The predicted octanol–water partition coefficient (Wildman–Crippen LogP) is 6.14. The SMILES string of the molecule is COc1ccc(/C(O)=C2/C(=O)C(=O)N(c3ccc(C#N)cc3)C2c2ccc(C(C)(C)C)cc2)cc1Cl. The molecule has 0 aliphatic carbocycles. The van der Waals surface area contributed by atoms with Crippen molar-refractivity contribution in [2.75, 3.05) is 12.0 Å². The Bertz CT molecular complexity index is 1410. The number of methoxy groups -OCH3 is 1. The van der Waals surface area contributed by atoms with E-state index in [0.717, 1.165) is 5.56 Å². The Hall–Kier alpha value is -4.08. The number of carbonyl (C=O) groups excluding carboxylic acids is 2. The molecule has 1 amide bonds. The van der Waals surface area contributed by atoms with Crippen LogP contribution >= 0.6 is 11.6 Å². The Labute approximate surface area is 215 Å². The molecule has 1 fully saturated rings. The van der Waals surface area contributed by atoms with Crippen molar-refractivity contribution in [1.82, 2.24) is 0 Å². The molecule has 0 spiro atoms. The summed E-state index contributed by atoms with van der Waals surface area (Å²) < 4.78 is 5.18. The highest BCUT2D eigenvalue weighted by atomic mass is 35.5. The average Bonchev–Trinajstić information content (AvgIpc) is 3.13. The van der Waals surface area contributed by atoms with Crippen molar-refractivity contribution in [1.29, 1.82) is 5.26 Å². The first-order valence-electron chi connectivity index (χ1n) is 11.3. The predicted molar refractivity (Wildman–Crippen MR) is 139 cm³/mol. The van der Waals surface area contributed by atoms with Crippen LogP contribution in [0.2, 0.25) is 5.02 Å². The van der Waals surface area contributed by atoms with Crippen LogP contribution in [0.3, 0.4) is 0 Å². The molecule has 182 valence electrons. The van der Waals surface area contributed by atoms with Crippen molar-refractivity contribution in [3.05, 3.63) is 99.6 Å². The molecule has 3 aromatic carbocycles. The zero-order valence-corrected chi connectivity index (χ0v) is 21.1. The van der Waals surface area contributed by atoms with E-state index in [9.17, 15) is 14.7 Å². The molecule has 1 heterocycles. The lowest BCUT2D eigenvalue weighted by atomic mass is 9.85. The van der Waals surface area contributed by atoms with Gasteiger partial charge in [0.15, 0.2) is 0 Å². The molecular weight excluding hydrogens is 476 g/mol. The summed E-state index contributed by atoms with van der Waals surface area (Å²) in [6, 6.07) is 19.9. The fourth-order valence-electron chi connectivity index (χ4n) is 4.25. The van der Waals surface area contributed by atoms with Crippen molar-refractivity contribution in [3.63, 3.8) is 0 Å². The van der Waals surface area contributed by atoms with Crippen molar-refractivity contribution in [2.45, 2.75) is 32.2 Å². The van der Waals surface area contributed by atoms with Gasteiger partial charge in [0.2, 0.25) is 0 Å². The van der Waals surface area contributed by atoms with Crippen molar-refractivity contribution in [2.24, 2.45) is 0 Å². The zero-order valence-electron chi connectivity index (χ0n) is 20.4. The van der Waals surface area contributed by atoms with E-state index in [-0.39, 0.29) is 27.3 Å². The number of ether oxygens (including phenoxy) is 1. The summed E-state index contributed by atoms with van der Waals surface area (Å²) in [4.78, 5) is 28.0. The molecule has 1 N–H and O–H groups in total. The lowest BCUT2D eigenvalue weighted by Gasteiger charge is -2.26. The van der Waals surface area contributed by atoms with Crippen LogP contribution in [0.25, 0.3) is 5.76 Å². The number of amides is 1. The summed E-state index contributed by atoms with van der Waals surface area (Å²) in [5.41, 5.74) is 2.76. The summed E-state index contributed by atoms with van der Waals surface area (Å²) in [5.74, 6) is -1.50. The van der Waals surface area contributed by atoms with Crippen LogP contribution in [0.4, 0.5) is 5.69 Å². The zero-order chi connectivity index (χ0) is 26.2. The molecule has 1 saturated heterocycles. The Morgan fingerprint density at radius 3 is 2.19 bits per heavy atom. The quantitative estimate of drug-likeness (QED) is 0.264. The van der Waals surface area contributed by atoms with Gasteiger partial charge in [0.25, 0.3) is 11.7 Å². The number of carbonyl (C=O) groups is 2. The van der Waals surface area contributed by atoms with E-state index >= 15 is 0 Å². The smallest absolute Gasteiger partial charge is 0.300 e. The topological polar surface area (TPSA) is 90.6 Å².